The van der Waals surface area contributed by atoms with E-state index in [1.54, 1.807) is 0 Å². The summed E-state index contributed by atoms with van der Waals surface area (Å²) in [4.78, 5) is 8.86. The van der Waals surface area contributed by atoms with Crippen LogP contribution in [0.4, 0.5) is 0 Å². The zero-order chi connectivity index (χ0) is 9.26. The fourth-order valence-electron chi connectivity index (χ4n) is 1.47. The molecule has 0 unspecified atom stereocenters. The van der Waals surface area contributed by atoms with Crippen LogP contribution in [0, 0.1) is 0 Å². The molecule has 0 aromatic carbocycles. The fraction of sp³-hybridized carbons (Fsp3) is 0.600. The van der Waals surface area contributed by atoms with Crippen molar-refractivity contribution in [2.45, 2.75) is 38.6 Å². The van der Waals surface area contributed by atoms with E-state index in [4.69, 9.17) is 5.73 Å². The van der Waals surface area contributed by atoms with Gasteiger partial charge in [0.1, 0.15) is 5.82 Å². The van der Waals surface area contributed by atoms with E-state index in [0.29, 0.717) is 12.5 Å². The van der Waals surface area contributed by atoms with Crippen molar-refractivity contribution in [3.05, 3.63) is 23.3 Å². The van der Waals surface area contributed by atoms with Crippen LogP contribution in [0.25, 0.3) is 0 Å². The predicted molar refractivity (Wildman–Crippen MR) is 51.3 cm³/mol. The molecule has 0 radical (unpaired) electrons. The molecule has 2 rings (SSSR count). The summed E-state index contributed by atoms with van der Waals surface area (Å²) in [5.41, 5.74) is 7.80. The first-order chi connectivity index (χ1) is 6.35. The molecule has 3 heteroatoms. The number of aromatic nitrogens is 2. The Bertz CT molecular complexity index is 305. The number of nitrogens with two attached hydrogens (primary N) is 1. The number of hydrogen-bond acceptors (Lipinski definition) is 3. The summed E-state index contributed by atoms with van der Waals surface area (Å²) < 4.78 is 0. The van der Waals surface area contributed by atoms with Gasteiger partial charge in [0.15, 0.2) is 0 Å². The van der Waals surface area contributed by atoms with E-state index in [1.807, 2.05) is 6.20 Å². The largest absolute Gasteiger partial charge is 0.326 e. The fourth-order valence-corrected chi connectivity index (χ4v) is 1.47. The zero-order valence-electron chi connectivity index (χ0n) is 7.95. The minimum Gasteiger partial charge on any atom is -0.326 e. The van der Waals surface area contributed by atoms with E-state index in [2.05, 4.69) is 16.9 Å². The van der Waals surface area contributed by atoms with E-state index in [0.717, 1.165) is 23.5 Å². The van der Waals surface area contributed by atoms with Crippen molar-refractivity contribution < 1.29 is 0 Å². The van der Waals surface area contributed by atoms with Crippen molar-refractivity contribution in [3.8, 4) is 0 Å². The molecule has 1 aromatic heterocycles. The number of hydrogen-bond donors (Lipinski definition) is 1. The van der Waals surface area contributed by atoms with Crippen molar-refractivity contribution in [1.29, 1.82) is 0 Å². The molecule has 1 aliphatic rings. The van der Waals surface area contributed by atoms with E-state index in [1.165, 1.54) is 12.8 Å². The van der Waals surface area contributed by atoms with Gasteiger partial charge < -0.3 is 5.73 Å². The minimum absolute atomic E-state index is 0.550. The van der Waals surface area contributed by atoms with Crippen LogP contribution in [-0.4, -0.2) is 9.97 Å². The third-order valence-electron chi connectivity index (χ3n) is 2.47. The Morgan fingerprint density at radius 1 is 1.54 bits per heavy atom. The van der Waals surface area contributed by atoms with Crippen LogP contribution in [0.5, 0.6) is 0 Å². The molecule has 2 N–H and O–H groups in total. The van der Waals surface area contributed by atoms with Gasteiger partial charge in [-0.3, -0.25) is 0 Å². The molecule has 1 fully saturated rings. The van der Waals surface area contributed by atoms with Gasteiger partial charge in [-0.15, -0.1) is 0 Å². The molecule has 1 heterocycles. The third-order valence-corrected chi connectivity index (χ3v) is 2.47. The minimum atomic E-state index is 0.550. The lowest BCUT2D eigenvalue weighted by molar-refractivity contribution is 0.840. The highest BCUT2D eigenvalue weighted by molar-refractivity contribution is 5.19. The van der Waals surface area contributed by atoms with Gasteiger partial charge in [0.25, 0.3) is 0 Å². The zero-order valence-corrected chi connectivity index (χ0v) is 7.95. The van der Waals surface area contributed by atoms with E-state index in [9.17, 15) is 0 Å². The Morgan fingerprint density at radius 2 is 2.31 bits per heavy atom. The number of aryl methyl sites for hydroxylation is 1. The van der Waals surface area contributed by atoms with Crippen LogP contribution in [0.15, 0.2) is 6.20 Å². The molecule has 0 saturated heterocycles. The Morgan fingerprint density at radius 3 is 2.85 bits per heavy atom. The van der Waals surface area contributed by atoms with Gasteiger partial charge in [0, 0.05) is 29.9 Å². The molecule has 70 valence electrons. The monoisotopic (exact) mass is 177 g/mol. The first-order valence-electron chi connectivity index (χ1n) is 4.90. The van der Waals surface area contributed by atoms with Crippen LogP contribution in [-0.2, 0) is 13.0 Å². The van der Waals surface area contributed by atoms with Crippen LogP contribution >= 0.6 is 0 Å². The molecule has 0 bridgehead atoms. The normalized spacial score (nSPS) is 16.2. The van der Waals surface area contributed by atoms with Gasteiger partial charge in [-0.2, -0.15) is 0 Å². The van der Waals surface area contributed by atoms with Crippen LogP contribution in [0.3, 0.4) is 0 Å². The molecule has 3 nitrogen and oxygen atoms in total. The summed E-state index contributed by atoms with van der Waals surface area (Å²) in [7, 11) is 0. The van der Waals surface area contributed by atoms with Gasteiger partial charge in [-0.25, -0.2) is 9.97 Å². The lowest BCUT2D eigenvalue weighted by Gasteiger charge is -2.05. The van der Waals surface area contributed by atoms with Gasteiger partial charge in [0.05, 0.1) is 0 Å². The smallest absolute Gasteiger partial charge is 0.131 e. The van der Waals surface area contributed by atoms with Gasteiger partial charge in [-0.1, -0.05) is 6.92 Å². The Hall–Kier alpha value is -0.960. The topological polar surface area (TPSA) is 51.8 Å². The Balaban J connectivity index is 2.31. The van der Waals surface area contributed by atoms with Crippen LogP contribution in [0.2, 0.25) is 0 Å². The number of rotatable bonds is 3. The summed E-state index contributed by atoms with van der Waals surface area (Å²) in [6.07, 6.45) is 5.35. The molecular weight excluding hydrogens is 162 g/mol. The summed E-state index contributed by atoms with van der Waals surface area (Å²) in [6, 6.07) is 0. The standard InChI is InChI=1S/C10H15N3/c1-2-9-8(5-11)6-12-10(13-9)7-3-4-7/h6-7H,2-5,11H2,1H3. The second kappa shape index (κ2) is 3.42. The summed E-state index contributed by atoms with van der Waals surface area (Å²) in [5.74, 6) is 1.66. The second-order valence-electron chi connectivity index (χ2n) is 3.53. The molecule has 1 aliphatic carbocycles. The molecule has 0 spiro atoms. The van der Waals surface area contributed by atoms with Gasteiger partial charge >= 0.3 is 0 Å². The third kappa shape index (κ3) is 1.70. The first-order valence-corrected chi connectivity index (χ1v) is 4.90. The molecule has 1 aromatic rings. The predicted octanol–water partition coefficient (Wildman–Crippen LogP) is 1.38. The van der Waals surface area contributed by atoms with Crippen LogP contribution < -0.4 is 5.73 Å². The Kier molecular flexibility index (Phi) is 2.27. The SMILES string of the molecule is CCc1nc(C2CC2)ncc1CN. The van der Waals surface area contributed by atoms with Crippen molar-refractivity contribution in [3.63, 3.8) is 0 Å². The lowest BCUT2D eigenvalue weighted by Crippen LogP contribution is -2.06. The molecule has 0 amide bonds. The summed E-state index contributed by atoms with van der Waals surface area (Å²) >= 11 is 0. The van der Waals surface area contributed by atoms with Crippen molar-refractivity contribution in [2.75, 3.05) is 0 Å². The summed E-state index contributed by atoms with van der Waals surface area (Å²) in [6.45, 7) is 2.66. The van der Waals surface area contributed by atoms with Crippen molar-refractivity contribution in [1.82, 2.24) is 9.97 Å². The average molecular weight is 177 g/mol. The first kappa shape index (κ1) is 8.63. The highest BCUT2D eigenvalue weighted by atomic mass is 14.9. The van der Waals surface area contributed by atoms with Gasteiger partial charge in [-0.05, 0) is 19.3 Å². The molecule has 1 saturated carbocycles. The molecule has 0 aliphatic heterocycles. The maximum absolute atomic E-state index is 5.59. The van der Waals surface area contributed by atoms with Gasteiger partial charge in [0.2, 0.25) is 0 Å². The quantitative estimate of drug-likeness (QED) is 0.758. The van der Waals surface area contributed by atoms with Crippen molar-refractivity contribution >= 4 is 0 Å². The van der Waals surface area contributed by atoms with Crippen LogP contribution in [0.1, 0.15) is 42.8 Å². The van der Waals surface area contributed by atoms with Crippen molar-refractivity contribution in [2.24, 2.45) is 5.73 Å². The molecular formula is C10H15N3. The molecule has 13 heavy (non-hydrogen) atoms. The van der Waals surface area contributed by atoms with E-state index >= 15 is 0 Å². The summed E-state index contributed by atoms with van der Waals surface area (Å²) in [5, 5.41) is 0. The van der Waals surface area contributed by atoms with E-state index in [-0.39, 0.29) is 0 Å². The maximum atomic E-state index is 5.59. The second-order valence-corrected chi connectivity index (χ2v) is 3.53. The average Bonchev–Trinajstić information content (AvgIpc) is 3.00. The maximum Gasteiger partial charge on any atom is 0.131 e. The van der Waals surface area contributed by atoms with E-state index < -0.39 is 0 Å². The molecule has 0 atom stereocenters. The highest BCUT2D eigenvalue weighted by Gasteiger charge is 2.26. The Labute approximate surface area is 78.4 Å². The lowest BCUT2D eigenvalue weighted by atomic mass is 10.2. The number of nitrogens with zero attached hydrogens (tertiary/aromatic N) is 2. The highest BCUT2D eigenvalue weighted by Crippen LogP contribution is 2.37.